The zero-order valence-electron chi connectivity index (χ0n) is 8.93. The lowest BCUT2D eigenvalue weighted by molar-refractivity contribution is 0.0690. The molecule has 1 aromatic heterocycles. The molecule has 0 unspecified atom stereocenters. The zero-order chi connectivity index (χ0) is 13.1. The molecule has 0 aliphatic heterocycles. The topological polar surface area (TPSA) is 50.2 Å². The van der Waals surface area contributed by atoms with Crippen LogP contribution < -0.4 is 0 Å². The fourth-order valence-electron chi connectivity index (χ4n) is 1.27. The minimum Gasteiger partial charge on any atom is -0.476 e. The summed E-state index contributed by atoms with van der Waals surface area (Å²) >= 11 is 10.6. The second-order valence-electron chi connectivity index (χ2n) is 3.32. The first-order valence-electron chi connectivity index (χ1n) is 4.90. The highest BCUT2D eigenvalue weighted by Crippen LogP contribution is 2.33. The molecule has 1 heterocycles. The van der Waals surface area contributed by atoms with Gasteiger partial charge in [-0.15, -0.1) is 0 Å². The highest BCUT2D eigenvalue weighted by molar-refractivity contribution is 9.10. The zero-order valence-corrected chi connectivity index (χ0v) is 12.1. The van der Waals surface area contributed by atoms with Crippen LogP contribution in [0.4, 0.5) is 0 Å². The summed E-state index contributed by atoms with van der Waals surface area (Å²) in [4.78, 5) is 15.9. The van der Waals surface area contributed by atoms with Crippen molar-refractivity contribution in [1.29, 1.82) is 0 Å². The Morgan fingerprint density at radius 2 is 2.00 bits per heavy atom. The lowest BCUT2D eigenvalue weighted by Crippen LogP contribution is -2.01. The van der Waals surface area contributed by atoms with E-state index in [1.165, 1.54) is 17.8 Å². The van der Waals surface area contributed by atoms with E-state index in [0.29, 0.717) is 5.03 Å². The van der Waals surface area contributed by atoms with Crippen molar-refractivity contribution in [3.8, 4) is 0 Å². The van der Waals surface area contributed by atoms with Gasteiger partial charge in [0.15, 0.2) is 5.69 Å². The van der Waals surface area contributed by atoms with Gasteiger partial charge in [0, 0.05) is 9.37 Å². The van der Waals surface area contributed by atoms with Crippen LogP contribution in [0.5, 0.6) is 0 Å². The number of carbonyl (C=O) groups is 1. The van der Waals surface area contributed by atoms with Gasteiger partial charge in [0.2, 0.25) is 0 Å². The molecule has 6 heteroatoms. The van der Waals surface area contributed by atoms with Gasteiger partial charge >= 0.3 is 5.97 Å². The molecule has 0 spiro atoms. The minimum absolute atomic E-state index is 0.131. The SMILES string of the molecule is O=C(O)c1nc(Sc2ccccc2Br)ccc1Cl. The number of aromatic carboxylic acids is 1. The number of carboxylic acids is 1. The third kappa shape index (κ3) is 3.04. The van der Waals surface area contributed by atoms with Crippen LogP contribution in [-0.2, 0) is 0 Å². The van der Waals surface area contributed by atoms with E-state index in [1.807, 2.05) is 24.3 Å². The molecule has 3 nitrogen and oxygen atoms in total. The first-order chi connectivity index (χ1) is 8.58. The van der Waals surface area contributed by atoms with Crippen molar-refractivity contribution in [3.05, 3.63) is 51.6 Å². The predicted octanol–water partition coefficient (Wildman–Crippen LogP) is 4.35. The molecule has 92 valence electrons. The van der Waals surface area contributed by atoms with Crippen LogP contribution >= 0.6 is 39.3 Å². The number of rotatable bonds is 3. The quantitative estimate of drug-likeness (QED) is 0.899. The van der Waals surface area contributed by atoms with Gasteiger partial charge in [0.05, 0.1) is 5.02 Å². The number of pyridine rings is 1. The summed E-state index contributed by atoms with van der Waals surface area (Å²) in [5.74, 6) is -1.13. The van der Waals surface area contributed by atoms with Gasteiger partial charge in [0.25, 0.3) is 0 Å². The third-order valence-corrected chi connectivity index (χ3v) is 4.35. The molecule has 0 fully saturated rings. The van der Waals surface area contributed by atoms with E-state index in [0.717, 1.165) is 9.37 Å². The van der Waals surface area contributed by atoms with Gasteiger partial charge in [-0.2, -0.15) is 0 Å². The molecule has 1 N–H and O–H groups in total. The van der Waals surface area contributed by atoms with Crippen molar-refractivity contribution in [2.45, 2.75) is 9.92 Å². The smallest absolute Gasteiger partial charge is 0.356 e. The van der Waals surface area contributed by atoms with Crippen LogP contribution in [-0.4, -0.2) is 16.1 Å². The third-order valence-electron chi connectivity index (χ3n) is 2.07. The lowest BCUT2D eigenvalue weighted by Gasteiger charge is -2.05. The van der Waals surface area contributed by atoms with Crippen LogP contribution in [0.25, 0.3) is 0 Å². The molecule has 18 heavy (non-hydrogen) atoms. The molecule has 0 saturated heterocycles. The summed E-state index contributed by atoms with van der Waals surface area (Å²) in [6, 6.07) is 10.9. The Kier molecular flexibility index (Phi) is 4.27. The number of hydrogen-bond acceptors (Lipinski definition) is 3. The first kappa shape index (κ1) is 13.4. The Bertz CT molecular complexity index is 606. The van der Waals surface area contributed by atoms with Crippen molar-refractivity contribution in [1.82, 2.24) is 4.98 Å². The van der Waals surface area contributed by atoms with Crippen molar-refractivity contribution in [2.75, 3.05) is 0 Å². The van der Waals surface area contributed by atoms with Crippen LogP contribution in [0.3, 0.4) is 0 Å². The highest BCUT2D eigenvalue weighted by Gasteiger charge is 2.12. The highest BCUT2D eigenvalue weighted by atomic mass is 79.9. The van der Waals surface area contributed by atoms with Crippen LogP contribution in [0.1, 0.15) is 10.5 Å². The van der Waals surface area contributed by atoms with E-state index in [2.05, 4.69) is 20.9 Å². The molecule has 2 aromatic rings. The molecule has 0 bridgehead atoms. The van der Waals surface area contributed by atoms with E-state index in [4.69, 9.17) is 16.7 Å². The van der Waals surface area contributed by atoms with E-state index in [9.17, 15) is 4.79 Å². The first-order valence-corrected chi connectivity index (χ1v) is 6.89. The van der Waals surface area contributed by atoms with E-state index in [-0.39, 0.29) is 10.7 Å². The number of carboxylic acid groups (broad SMARTS) is 1. The molecule has 0 amide bonds. The molecular weight excluding hydrogens is 338 g/mol. The largest absolute Gasteiger partial charge is 0.476 e. The fraction of sp³-hybridized carbons (Fsp3) is 0. The van der Waals surface area contributed by atoms with Gasteiger partial charge in [-0.1, -0.05) is 35.5 Å². The maximum atomic E-state index is 10.9. The number of nitrogens with zero attached hydrogens (tertiary/aromatic N) is 1. The summed E-state index contributed by atoms with van der Waals surface area (Å²) in [6.45, 7) is 0. The Morgan fingerprint density at radius 3 is 2.67 bits per heavy atom. The van der Waals surface area contributed by atoms with Gasteiger partial charge in [-0.05, 0) is 40.2 Å². The monoisotopic (exact) mass is 343 g/mol. The predicted molar refractivity (Wildman–Crippen MR) is 74.5 cm³/mol. The molecule has 0 aliphatic carbocycles. The molecule has 0 aliphatic rings. The Balaban J connectivity index is 2.33. The standard InChI is InChI=1S/C12H7BrClNO2S/c13-7-3-1-2-4-9(7)18-10-6-5-8(14)11(15-10)12(16)17/h1-6H,(H,16,17). The number of aromatic nitrogens is 1. The molecule has 1 aromatic carbocycles. The summed E-state index contributed by atoms with van der Waals surface area (Å²) in [5.41, 5.74) is -0.131. The summed E-state index contributed by atoms with van der Waals surface area (Å²) < 4.78 is 0.934. The van der Waals surface area contributed by atoms with Crippen LogP contribution in [0.15, 0.2) is 50.8 Å². The molecule has 0 saturated carbocycles. The lowest BCUT2D eigenvalue weighted by atomic mass is 10.3. The molecule has 0 atom stereocenters. The fourth-order valence-corrected chi connectivity index (χ4v) is 2.80. The summed E-state index contributed by atoms with van der Waals surface area (Å²) in [7, 11) is 0. The van der Waals surface area contributed by atoms with Crippen molar-refractivity contribution in [3.63, 3.8) is 0 Å². The number of hydrogen-bond donors (Lipinski definition) is 1. The normalized spacial score (nSPS) is 10.3. The van der Waals surface area contributed by atoms with Crippen molar-refractivity contribution >= 4 is 45.3 Å². The van der Waals surface area contributed by atoms with Crippen LogP contribution in [0, 0.1) is 0 Å². The Labute approximate surface area is 121 Å². The molecule has 0 radical (unpaired) electrons. The molecular formula is C12H7BrClNO2S. The van der Waals surface area contributed by atoms with Crippen molar-refractivity contribution in [2.24, 2.45) is 0 Å². The van der Waals surface area contributed by atoms with Gasteiger partial charge in [0.1, 0.15) is 5.03 Å². The van der Waals surface area contributed by atoms with Gasteiger partial charge in [-0.25, -0.2) is 9.78 Å². The van der Waals surface area contributed by atoms with E-state index >= 15 is 0 Å². The minimum atomic E-state index is -1.13. The number of benzene rings is 1. The van der Waals surface area contributed by atoms with E-state index in [1.54, 1.807) is 6.07 Å². The second kappa shape index (κ2) is 5.73. The maximum Gasteiger partial charge on any atom is 0.356 e. The average molecular weight is 345 g/mol. The molecule has 2 rings (SSSR count). The number of halogens is 2. The summed E-state index contributed by atoms with van der Waals surface area (Å²) in [6.07, 6.45) is 0. The average Bonchev–Trinajstić information content (AvgIpc) is 2.34. The van der Waals surface area contributed by atoms with Crippen molar-refractivity contribution < 1.29 is 9.90 Å². The Morgan fingerprint density at radius 1 is 1.28 bits per heavy atom. The van der Waals surface area contributed by atoms with Gasteiger partial charge in [-0.3, -0.25) is 0 Å². The summed E-state index contributed by atoms with van der Waals surface area (Å²) in [5, 5.41) is 9.67. The second-order valence-corrected chi connectivity index (χ2v) is 5.64. The Hall–Kier alpha value is -1.04. The van der Waals surface area contributed by atoms with Gasteiger partial charge < -0.3 is 5.11 Å². The maximum absolute atomic E-state index is 10.9. The van der Waals surface area contributed by atoms with E-state index < -0.39 is 5.97 Å². The van der Waals surface area contributed by atoms with Crippen LogP contribution in [0.2, 0.25) is 5.02 Å².